The molecule has 1 heterocycles. The number of nitrogens with one attached hydrogen (secondary N) is 2. The van der Waals surface area contributed by atoms with Crippen molar-refractivity contribution in [2.75, 3.05) is 49.5 Å². The van der Waals surface area contributed by atoms with Crippen molar-refractivity contribution in [2.45, 2.75) is 12.8 Å². The van der Waals surface area contributed by atoms with E-state index in [9.17, 15) is 27.2 Å². The van der Waals surface area contributed by atoms with Crippen molar-refractivity contribution in [1.82, 2.24) is 10.2 Å². The second kappa shape index (κ2) is 11.0. The molecule has 2 amide bonds. The standard InChI is InChI=1S/C22H24F4N4O3/c23-18-4-1-2-5-19(18)30-14-12-29(13-15-30)11-3-10-27-20(31)21(32)28-16-6-8-17(9-7-16)33-22(24,25)26/h1-2,4-9H,3,10-15H2,(H,27,31)(H,28,32). The van der Waals surface area contributed by atoms with Crippen molar-refractivity contribution in [3.05, 3.63) is 54.3 Å². The summed E-state index contributed by atoms with van der Waals surface area (Å²) >= 11 is 0. The highest BCUT2D eigenvalue weighted by atomic mass is 19.4. The molecule has 0 unspecified atom stereocenters. The van der Waals surface area contributed by atoms with Gasteiger partial charge in [-0.2, -0.15) is 0 Å². The van der Waals surface area contributed by atoms with Gasteiger partial charge in [0, 0.05) is 38.4 Å². The molecule has 2 aromatic rings. The van der Waals surface area contributed by atoms with Crippen LogP contribution >= 0.6 is 0 Å². The Hall–Kier alpha value is -3.34. The molecule has 7 nitrogen and oxygen atoms in total. The molecule has 0 radical (unpaired) electrons. The molecule has 2 aromatic carbocycles. The van der Waals surface area contributed by atoms with Crippen LogP contribution in [0.4, 0.5) is 28.9 Å². The fourth-order valence-electron chi connectivity index (χ4n) is 3.43. The Kier molecular flexibility index (Phi) is 8.10. The highest BCUT2D eigenvalue weighted by Crippen LogP contribution is 2.24. The first-order valence-corrected chi connectivity index (χ1v) is 10.4. The molecule has 0 bridgehead atoms. The molecule has 0 aromatic heterocycles. The van der Waals surface area contributed by atoms with Crippen molar-refractivity contribution >= 4 is 23.2 Å². The molecule has 33 heavy (non-hydrogen) atoms. The first-order valence-electron chi connectivity index (χ1n) is 10.4. The number of hydrogen-bond acceptors (Lipinski definition) is 5. The fourth-order valence-corrected chi connectivity index (χ4v) is 3.43. The Labute approximate surface area is 188 Å². The van der Waals surface area contributed by atoms with Crippen molar-refractivity contribution in [3.63, 3.8) is 0 Å². The molecular weight excluding hydrogens is 444 g/mol. The quantitative estimate of drug-likeness (QED) is 0.371. The van der Waals surface area contributed by atoms with E-state index in [2.05, 4.69) is 20.3 Å². The maximum Gasteiger partial charge on any atom is 0.573 e. The van der Waals surface area contributed by atoms with E-state index >= 15 is 0 Å². The zero-order valence-corrected chi connectivity index (χ0v) is 17.7. The maximum absolute atomic E-state index is 13.9. The van der Waals surface area contributed by atoms with Crippen LogP contribution in [-0.4, -0.2) is 62.3 Å². The summed E-state index contributed by atoms with van der Waals surface area (Å²) in [6.45, 7) is 3.92. The third-order valence-electron chi connectivity index (χ3n) is 5.05. The number of hydrogen-bond donors (Lipinski definition) is 2. The van der Waals surface area contributed by atoms with E-state index in [1.54, 1.807) is 18.2 Å². The summed E-state index contributed by atoms with van der Waals surface area (Å²) in [5.41, 5.74) is 0.760. The largest absolute Gasteiger partial charge is 0.573 e. The molecule has 3 rings (SSSR count). The second-order valence-electron chi connectivity index (χ2n) is 7.42. The number of anilines is 2. The minimum Gasteiger partial charge on any atom is -0.406 e. The summed E-state index contributed by atoms with van der Waals surface area (Å²) in [5, 5.41) is 4.83. The monoisotopic (exact) mass is 468 g/mol. The molecule has 2 N–H and O–H groups in total. The number of benzene rings is 2. The third-order valence-corrected chi connectivity index (χ3v) is 5.05. The van der Waals surface area contributed by atoms with E-state index in [0.29, 0.717) is 31.7 Å². The molecule has 11 heteroatoms. The minimum atomic E-state index is -4.81. The summed E-state index contributed by atoms with van der Waals surface area (Å²) in [4.78, 5) is 28.1. The van der Waals surface area contributed by atoms with E-state index in [4.69, 9.17) is 0 Å². The molecule has 1 saturated heterocycles. The van der Waals surface area contributed by atoms with Crippen molar-refractivity contribution in [2.24, 2.45) is 0 Å². The van der Waals surface area contributed by atoms with Crippen LogP contribution in [0, 0.1) is 5.82 Å². The average molecular weight is 468 g/mol. The molecular formula is C22H24F4N4O3. The lowest BCUT2D eigenvalue weighted by Gasteiger charge is -2.36. The van der Waals surface area contributed by atoms with Crippen LogP contribution in [0.3, 0.4) is 0 Å². The normalized spacial score (nSPS) is 14.6. The summed E-state index contributed by atoms with van der Waals surface area (Å²) in [7, 11) is 0. The molecule has 1 fully saturated rings. The number of alkyl halides is 3. The predicted octanol–water partition coefficient (Wildman–Crippen LogP) is 2.99. The number of carbonyl (C=O) groups excluding carboxylic acids is 2. The van der Waals surface area contributed by atoms with Gasteiger partial charge in [0.05, 0.1) is 5.69 Å². The Balaban J connectivity index is 1.33. The molecule has 0 aliphatic carbocycles. The minimum absolute atomic E-state index is 0.164. The van der Waals surface area contributed by atoms with Crippen molar-refractivity contribution in [3.8, 4) is 5.75 Å². The van der Waals surface area contributed by atoms with E-state index in [0.717, 1.165) is 25.2 Å². The Bertz CT molecular complexity index is 945. The van der Waals surface area contributed by atoms with Crippen LogP contribution in [0.5, 0.6) is 5.75 Å². The second-order valence-corrected chi connectivity index (χ2v) is 7.42. The number of halogens is 4. The number of para-hydroxylation sites is 1. The first kappa shape index (κ1) is 24.3. The Morgan fingerprint density at radius 3 is 2.24 bits per heavy atom. The lowest BCUT2D eigenvalue weighted by atomic mass is 10.2. The number of ether oxygens (including phenoxy) is 1. The van der Waals surface area contributed by atoms with Gasteiger partial charge in [-0.15, -0.1) is 13.2 Å². The first-order chi connectivity index (χ1) is 15.7. The summed E-state index contributed by atoms with van der Waals surface area (Å²) in [6, 6.07) is 11.1. The van der Waals surface area contributed by atoms with E-state index in [1.807, 2.05) is 4.90 Å². The van der Waals surface area contributed by atoms with Crippen molar-refractivity contribution < 1.29 is 31.9 Å². The molecule has 1 aliphatic heterocycles. The van der Waals surface area contributed by atoms with Gasteiger partial charge in [-0.3, -0.25) is 14.5 Å². The van der Waals surface area contributed by atoms with Gasteiger partial charge in [0.15, 0.2) is 0 Å². The SMILES string of the molecule is O=C(NCCCN1CCN(c2ccccc2F)CC1)C(=O)Nc1ccc(OC(F)(F)F)cc1. The van der Waals surface area contributed by atoms with Gasteiger partial charge in [0.25, 0.3) is 0 Å². The molecule has 0 saturated carbocycles. The van der Waals surface area contributed by atoms with Crippen LogP contribution in [0.2, 0.25) is 0 Å². The third kappa shape index (κ3) is 7.63. The molecule has 178 valence electrons. The van der Waals surface area contributed by atoms with E-state index < -0.39 is 23.9 Å². The summed E-state index contributed by atoms with van der Waals surface area (Å²) in [5.74, 6) is -2.43. The van der Waals surface area contributed by atoms with Crippen LogP contribution in [0.15, 0.2) is 48.5 Å². The number of rotatable bonds is 7. The van der Waals surface area contributed by atoms with Gasteiger partial charge in [0.2, 0.25) is 0 Å². The van der Waals surface area contributed by atoms with E-state index in [1.165, 1.54) is 18.2 Å². The van der Waals surface area contributed by atoms with Crippen LogP contribution < -0.4 is 20.3 Å². The number of carbonyl (C=O) groups is 2. The fraction of sp³-hybridized carbons (Fsp3) is 0.364. The van der Waals surface area contributed by atoms with Gasteiger partial charge in [0.1, 0.15) is 11.6 Å². The van der Waals surface area contributed by atoms with Gasteiger partial charge >= 0.3 is 18.2 Å². The van der Waals surface area contributed by atoms with Gasteiger partial charge in [-0.05, 0) is 49.4 Å². The van der Waals surface area contributed by atoms with Gasteiger partial charge in [-0.25, -0.2) is 4.39 Å². The van der Waals surface area contributed by atoms with Crippen LogP contribution in [0.1, 0.15) is 6.42 Å². The lowest BCUT2D eigenvalue weighted by molar-refractivity contribution is -0.274. The lowest BCUT2D eigenvalue weighted by Crippen LogP contribution is -2.47. The van der Waals surface area contributed by atoms with Crippen molar-refractivity contribution in [1.29, 1.82) is 0 Å². The number of amides is 2. The molecule has 1 aliphatic rings. The molecule has 0 atom stereocenters. The topological polar surface area (TPSA) is 73.9 Å². The number of piperazine rings is 1. The van der Waals surface area contributed by atoms with Crippen LogP contribution in [0.25, 0.3) is 0 Å². The van der Waals surface area contributed by atoms with Gasteiger partial charge < -0.3 is 20.3 Å². The smallest absolute Gasteiger partial charge is 0.406 e. The Morgan fingerprint density at radius 2 is 1.61 bits per heavy atom. The average Bonchev–Trinajstić information content (AvgIpc) is 2.78. The predicted molar refractivity (Wildman–Crippen MR) is 114 cm³/mol. The highest BCUT2D eigenvalue weighted by molar-refractivity contribution is 6.39. The summed E-state index contributed by atoms with van der Waals surface area (Å²) in [6.07, 6.45) is -4.18. The zero-order valence-electron chi connectivity index (χ0n) is 17.7. The maximum atomic E-state index is 13.9. The zero-order chi connectivity index (χ0) is 23.8. The Morgan fingerprint density at radius 1 is 0.939 bits per heavy atom. The highest BCUT2D eigenvalue weighted by Gasteiger charge is 2.31. The molecule has 0 spiro atoms. The summed E-state index contributed by atoms with van der Waals surface area (Å²) < 4.78 is 54.1. The van der Waals surface area contributed by atoms with Gasteiger partial charge in [-0.1, -0.05) is 12.1 Å². The van der Waals surface area contributed by atoms with E-state index in [-0.39, 0.29) is 18.0 Å². The van der Waals surface area contributed by atoms with Crippen LogP contribution in [-0.2, 0) is 9.59 Å². The number of nitrogens with zero attached hydrogens (tertiary/aromatic N) is 2.